The largest absolute Gasteiger partial charge is 0.342 e. The van der Waals surface area contributed by atoms with Crippen molar-refractivity contribution in [3.8, 4) is 0 Å². The lowest BCUT2D eigenvalue weighted by atomic mass is 9.85. The second-order valence-electron chi connectivity index (χ2n) is 7.82. The summed E-state index contributed by atoms with van der Waals surface area (Å²) in [6.07, 6.45) is 7.17. The van der Waals surface area contributed by atoms with Crippen molar-refractivity contribution in [3.05, 3.63) is 45.0 Å². The van der Waals surface area contributed by atoms with E-state index in [-0.39, 0.29) is 11.9 Å². The third-order valence-corrected chi connectivity index (χ3v) is 7.17. The molecule has 1 aromatic carbocycles. The second kappa shape index (κ2) is 8.29. The number of benzene rings is 1. The number of carbonyl (C=O) groups is 1. The Morgan fingerprint density at radius 3 is 2.59 bits per heavy atom. The highest BCUT2D eigenvalue weighted by atomic mass is 35.5. The van der Waals surface area contributed by atoms with E-state index >= 15 is 0 Å². The Hall–Kier alpha value is -1.56. The number of halogens is 3. The molecule has 4 rings (SSSR count). The van der Waals surface area contributed by atoms with Crippen LogP contribution in [-0.4, -0.2) is 39.4 Å². The Morgan fingerprint density at radius 1 is 1.14 bits per heavy atom. The molecule has 0 saturated heterocycles. The van der Waals surface area contributed by atoms with Crippen LogP contribution < -0.4 is 0 Å². The molecule has 1 saturated carbocycles. The fraction of sp³-hybridized carbons (Fsp3) is 0.476. The fourth-order valence-electron chi connectivity index (χ4n) is 4.49. The third kappa shape index (κ3) is 3.69. The van der Waals surface area contributed by atoms with Crippen molar-refractivity contribution >= 4 is 52.2 Å². The molecular weight excluding hydrogens is 431 g/mol. The molecule has 8 heteroatoms. The second-order valence-corrected chi connectivity index (χ2v) is 9.01. The minimum Gasteiger partial charge on any atom is -0.342 e. The normalized spacial score (nSPS) is 22.2. The van der Waals surface area contributed by atoms with Crippen LogP contribution in [0.1, 0.15) is 50.6 Å². The standard InChI is InChI=1S/C21H23Cl3N4O/c1-12-17(21(29)27(2)13-7-4-3-5-8-13)19(14-9-6-10-15(22)18(14)24)28-20(26-12)16(23)11-25-28/h6,9-11,13,17,19H,3-5,7-8H2,1-2H3. The Morgan fingerprint density at radius 2 is 1.86 bits per heavy atom. The number of carbonyl (C=O) groups excluding carboxylic acids is 1. The first kappa shape index (κ1) is 20.7. The summed E-state index contributed by atoms with van der Waals surface area (Å²) in [6.45, 7) is 1.87. The summed E-state index contributed by atoms with van der Waals surface area (Å²) in [4.78, 5) is 20.2. The van der Waals surface area contributed by atoms with Crippen LogP contribution in [0.3, 0.4) is 0 Å². The molecule has 0 radical (unpaired) electrons. The molecule has 2 aliphatic rings. The molecule has 1 amide bonds. The third-order valence-electron chi connectivity index (χ3n) is 6.07. The molecule has 2 heterocycles. The molecule has 0 spiro atoms. The van der Waals surface area contributed by atoms with Gasteiger partial charge in [-0.05, 0) is 31.4 Å². The van der Waals surface area contributed by atoms with Gasteiger partial charge in [0.1, 0.15) is 10.9 Å². The maximum atomic E-state index is 13.7. The van der Waals surface area contributed by atoms with Gasteiger partial charge in [-0.2, -0.15) is 5.10 Å². The molecule has 0 N–H and O–H groups in total. The number of amides is 1. The Balaban J connectivity index is 1.80. The average molecular weight is 454 g/mol. The van der Waals surface area contributed by atoms with Gasteiger partial charge in [0, 0.05) is 18.8 Å². The number of aromatic nitrogens is 2. The van der Waals surface area contributed by atoms with Gasteiger partial charge in [-0.3, -0.25) is 4.79 Å². The number of hydrogen-bond acceptors (Lipinski definition) is 3. The molecule has 2 aromatic rings. The van der Waals surface area contributed by atoms with Gasteiger partial charge in [0.25, 0.3) is 0 Å². The molecule has 1 aromatic heterocycles. The summed E-state index contributed by atoms with van der Waals surface area (Å²) in [5.74, 6) is 0.0346. The molecule has 1 aliphatic heterocycles. The highest BCUT2D eigenvalue weighted by Crippen LogP contribution is 2.43. The van der Waals surface area contributed by atoms with E-state index in [1.54, 1.807) is 16.9 Å². The summed E-state index contributed by atoms with van der Waals surface area (Å²) in [5.41, 5.74) is 1.44. The van der Waals surface area contributed by atoms with E-state index in [9.17, 15) is 4.79 Å². The quantitative estimate of drug-likeness (QED) is 0.577. The van der Waals surface area contributed by atoms with Crippen LogP contribution in [0.25, 0.3) is 0 Å². The number of aliphatic imine (C=N–C) groups is 1. The number of rotatable bonds is 3. The van der Waals surface area contributed by atoms with Crippen molar-refractivity contribution in [2.24, 2.45) is 10.9 Å². The van der Waals surface area contributed by atoms with E-state index in [4.69, 9.17) is 34.8 Å². The van der Waals surface area contributed by atoms with E-state index in [2.05, 4.69) is 10.1 Å². The Labute approximate surface area is 185 Å². The first-order valence-corrected chi connectivity index (χ1v) is 11.0. The van der Waals surface area contributed by atoms with E-state index in [1.165, 1.54) is 6.42 Å². The zero-order valence-electron chi connectivity index (χ0n) is 16.4. The van der Waals surface area contributed by atoms with Crippen molar-refractivity contribution in [3.63, 3.8) is 0 Å². The average Bonchev–Trinajstić information content (AvgIpc) is 3.09. The van der Waals surface area contributed by atoms with Crippen LogP contribution in [0.15, 0.2) is 29.4 Å². The van der Waals surface area contributed by atoms with Crippen molar-refractivity contribution in [2.45, 2.75) is 51.1 Å². The predicted octanol–water partition coefficient (Wildman–Crippen LogP) is 5.95. The maximum Gasteiger partial charge on any atom is 0.233 e. The number of fused-ring (bicyclic) bond motifs is 1. The van der Waals surface area contributed by atoms with Crippen LogP contribution >= 0.6 is 34.8 Å². The van der Waals surface area contributed by atoms with Crippen LogP contribution in [0.5, 0.6) is 0 Å². The molecule has 5 nitrogen and oxygen atoms in total. The van der Waals surface area contributed by atoms with Crippen LogP contribution in [-0.2, 0) is 4.79 Å². The highest BCUT2D eigenvalue weighted by molar-refractivity contribution is 6.42. The summed E-state index contributed by atoms with van der Waals surface area (Å²) in [5, 5.41) is 5.73. The van der Waals surface area contributed by atoms with E-state index in [0.29, 0.717) is 26.6 Å². The van der Waals surface area contributed by atoms with Gasteiger partial charge in [0.2, 0.25) is 5.91 Å². The predicted molar refractivity (Wildman–Crippen MR) is 118 cm³/mol. The van der Waals surface area contributed by atoms with Crippen molar-refractivity contribution < 1.29 is 4.79 Å². The van der Waals surface area contributed by atoms with Crippen molar-refractivity contribution in [1.82, 2.24) is 14.7 Å². The molecule has 154 valence electrons. The lowest BCUT2D eigenvalue weighted by Gasteiger charge is -2.38. The summed E-state index contributed by atoms with van der Waals surface area (Å²) in [7, 11) is 1.90. The summed E-state index contributed by atoms with van der Waals surface area (Å²) >= 11 is 19.2. The van der Waals surface area contributed by atoms with Crippen LogP contribution in [0.4, 0.5) is 5.82 Å². The summed E-state index contributed by atoms with van der Waals surface area (Å²) in [6, 6.07) is 5.25. The van der Waals surface area contributed by atoms with Gasteiger partial charge in [-0.15, -0.1) is 0 Å². The highest BCUT2D eigenvalue weighted by Gasteiger charge is 2.42. The molecule has 1 fully saturated rings. The van der Waals surface area contributed by atoms with Crippen molar-refractivity contribution in [2.75, 3.05) is 7.05 Å². The van der Waals surface area contributed by atoms with Gasteiger partial charge in [0.05, 0.1) is 22.3 Å². The lowest BCUT2D eigenvalue weighted by Crippen LogP contribution is -2.47. The van der Waals surface area contributed by atoms with Gasteiger partial charge in [0.15, 0.2) is 5.82 Å². The molecule has 2 atom stereocenters. The van der Waals surface area contributed by atoms with Crippen LogP contribution in [0, 0.1) is 5.92 Å². The minimum atomic E-state index is -0.527. The van der Waals surface area contributed by atoms with E-state index < -0.39 is 12.0 Å². The van der Waals surface area contributed by atoms with Crippen molar-refractivity contribution in [1.29, 1.82) is 0 Å². The fourth-order valence-corrected chi connectivity index (χ4v) is 5.08. The molecular formula is C21H23Cl3N4O. The smallest absolute Gasteiger partial charge is 0.233 e. The molecule has 29 heavy (non-hydrogen) atoms. The molecule has 1 aliphatic carbocycles. The van der Waals surface area contributed by atoms with Gasteiger partial charge in [-0.25, -0.2) is 9.67 Å². The van der Waals surface area contributed by atoms with Gasteiger partial charge in [-0.1, -0.05) is 66.2 Å². The minimum absolute atomic E-state index is 0.0245. The van der Waals surface area contributed by atoms with E-state index in [1.807, 2.05) is 31.0 Å². The number of nitrogens with zero attached hydrogens (tertiary/aromatic N) is 4. The monoisotopic (exact) mass is 452 g/mol. The first-order valence-electron chi connectivity index (χ1n) is 9.89. The number of hydrogen-bond donors (Lipinski definition) is 0. The van der Waals surface area contributed by atoms with Gasteiger partial charge < -0.3 is 4.90 Å². The van der Waals surface area contributed by atoms with E-state index in [0.717, 1.165) is 31.2 Å². The topological polar surface area (TPSA) is 50.5 Å². The first-order chi connectivity index (χ1) is 13.9. The zero-order chi connectivity index (χ0) is 20.7. The molecule has 0 bridgehead atoms. The van der Waals surface area contributed by atoms with Gasteiger partial charge >= 0.3 is 0 Å². The lowest BCUT2D eigenvalue weighted by molar-refractivity contribution is -0.135. The Kier molecular flexibility index (Phi) is 5.92. The molecule has 2 unspecified atom stereocenters. The SMILES string of the molecule is CC1=Nc2c(Cl)cnn2C(c2cccc(Cl)c2Cl)C1C(=O)N(C)C1CCCCC1. The Bertz CT molecular complexity index is 965. The summed E-state index contributed by atoms with van der Waals surface area (Å²) < 4.78 is 1.70. The zero-order valence-corrected chi connectivity index (χ0v) is 18.7. The maximum absolute atomic E-state index is 13.7. The van der Waals surface area contributed by atoms with Crippen LogP contribution in [0.2, 0.25) is 15.1 Å².